The van der Waals surface area contributed by atoms with Crippen LogP contribution in [0.15, 0.2) is 18.2 Å². The fraction of sp³-hybridized carbons (Fsp3) is 0.526. The van der Waals surface area contributed by atoms with E-state index in [9.17, 15) is 22.8 Å². The molecule has 1 atom stereocenters. The van der Waals surface area contributed by atoms with Crippen LogP contribution in [-0.2, 0) is 16.1 Å². The minimum absolute atomic E-state index is 0.0349. The van der Waals surface area contributed by atoms with Crippen LogP contribution in [0.2, 0.25) is 0 Å². The molecule has 10 heteroatoms. The molecule has 0 radical (unpaired) electrons. The van der Waals surface area contributed by atoms with E-state index in [0.29, 0.717) is 17.7 Å². The van der Waals surface area contributed by atoms with E-state index >= 15 is 0 Å². The predicted molar refractivity (Wildman–Crippen MR) is 101 cm³/mol. The summed E-state index contributed by atoms with van der Waals surface area (Å²) < 4.78 is 45.4. The van der Waals surface area contributed by atoms with Crippen molar-refractivity contribution in [2.45, 2.75) is 46.0 Å². The van der Waals surface area contributed by atoms with Crippen LogP contribution in [0, 0.1) is 5.92 Å². The number of ether oxygens (including phenoxy) is 1. The Bertz CT molecular complexity index is 923. The number of amides is 2. The number of rotatable bonds is 6. The van der Waals surface area contributed by atoms with Gasteiger partial charge < -0.3 is 15.0 Å². The molecule has 3 rings (SSSR count). The highest BCUT2D eigenvalue weighted by Crippen LogP contribution is 2.30. The zero-order valence-electron chi connectivity index (χ0n) is 16.4. The second-order valence-corrected chi connectivity index (χ2v) is 7.29. The van der Waals surface area contributed by atoms with Gasteiger partial charge in [-0.15, -0.1) is 0 Å². The molecule has 1 fully saturated rings. The molecule has 0 unspecified atom stereocenters. The Balaban J connectivity index is 1.91. The summed E-state index contributed by atoms with van der Waals surface area (Å²) in [7, 11) is 0. The van der Waals surface area contributed by atoms with Crippen molar-refractivity contribution in [1.82, 2.24) is 14.7 Å². The van der Waals surface area contributed by atoms with Crippen molar-refractivity contribution >= 4 is 28.5 Å². The summed E-state index contributed by atoms with van der Waals surface area (Å²) in [5, 5.41) is 6.95. The van der Waals surface area contributed by atoms with Crippen molar-refractivity contribution < 1.29 is 27.5 Å². The van der Waals surface area contributed by atoms with Gasteiger partial charge in [-0.3, -0.25) is 14.3 Å². The van der Waals surface area contributed by atoms with Crippen molar-refractivity contribution in [2.24, 2.45) is 5.92 Å². The average Bonchev–Trinajstić information content (AvgIpc) is 3.14. The minimum atomic E-state index is -4.48. The molecule has 2 amide bonds. The quantitative estimate of drug-likeness (QED) is 0.791. The minimum Gasteiger partial charge on any atom is -0.491 e. The Labute approximate surface area is 165 Å². The Morgan fingerprint density at radius 1 is 1.38 bits per heavy atom. The molecule has 0 bridgehead atoms. The van der Waals surface area contributed by atoms with Crippen molar-refractivity contribution in [3.63, 3.8) is 0 Å². The van der Waals surface area contributed by atoms with Gasteiger partial charge in [-0.2, -0.15) is 18.3 Å². The number of aromatic nitrogens is 2. The first-order chi connectivity index (χ1) is 13.6. The highest BCUT2D eigenvalue weighted by atomic mass is 19.4. The second-order valence-electron chi connectivity index (χ2n) is 7.29. The molecular formula is C19H23F3N4O3. The summed E-state index contributed by atoms with van der Waals surface area (Å²) in [4.78, 5) is 26.0. The standard InChI is InChI=1S/C19H23F3N4O3/c1-4-25-9-12(7-16(25)27)18(28)23-17-14-6-5-13(29-11(2)3)8-15(14)26(24-17)10-19(20,21)22/h5-6,8,11-12H,4,7,9-10H2,1-3H3,(H,23,24,28)/t12-/m0/s1. The maximum Gasteiger partial charge on any atom is 0.408 e. The van der Waals surface area contributed by atoms with E-state index in [2.05, 4.69) is 10.4 Å². The van der Waals surface area contributed by atoms with Crippen molar-refractivity contribution in [3.05, 3.63) is 18.2 Å². The number of carbonyl (C=O) groups excluding carboxylic acids is 2. The first-order valence-electron chi connectivity index (χ1n) is 9.40. The SMILES string of the molecule is CCN1C[C@@H](C(=O)Nc2nn(CC(F)(F)F)c3cc(OC(C)C)ccc23)CC1=O. The summed E-state index contributed by atoms with van der Waals surface area (Å²) in [6.45, 7) is 4.94. The lowest BCUT2D eigenvalue weighted by molar-refractivity contribution is -0.141. The number of nitrogens with zero attached hydrogens (tertiary/aromatic N) is 3. The zero-order chi connectivity index (χ0) is 21.3. The van der Waals surface area contributed by atoms with E-state index in [-0.39, 0.29) is 36.3 Å². The van der Waals surface area contributed by atoms with Gasteiger partial charge in [0.2, 0.25) is 11.8 Å². The number of benzene rings is 1. The Morgan fingerprint density at radius 2 is 2.10 bits per heavy atom. The molecule has 158 valence electrons. The average molecular weight is 412 g/mol. The normalized spacial score (nSPS) is 17.4. The highest BCUT2D eigenvalue weighted by Gasteiger charge is 2.34. The van der Waals surface area contributed by atoms with Crippen LogP contribution in [-0.4, -0.2) is 51.9 Å². The monoisotopic (exact) mass is 412 g/mol. The third-order valence-corrected chi connectivity index (χ3v) is 4.63. The van der Waals surface area contributed by atoms with Gasteiger partial charge >= 0.3 is 6.18 Å². The fourth-order valence-electron chi connectivity index (χ4n) is 3.35. The molecule has 0 aliphatic carbocycles. The zero-order valence-corrected chi connectivity index (χ0v) is 16.4. The third-order valence-electron chi connectivity index (χ3n) is 4.63. The van der Waals surface area contributed by atoms with Crippen LogP contribution >= 0.6 is 0 Å². The number of fused-ring (bicyclic) bond motifs is 1. The molecule has 1 aliphatic heterocycles. The van der Waals surface area contributed by atoms with E-state index < -0.39 is 24.5 Å². The molecule has 0 spiro atoms. The van der Waals surface area contributed by atoms with Gasteiger partial charge in [0.15, 0.2) is 5.82 Å². The number of halogens is 3. The van der Waals surface area contributed by atoms with Gasteiger partial charge in [-0.1, -0.05) is 0 Å². The Kier molecular flexibility index (Phi) is 5.72. The van der Waals surface area contributed by atoms with E-state index in [0.717, 1.165) is 4.68 Å². The van der Waals surface area contributed by atoms with Crippen LogP contribution in [0.1, 0.15) is 27.2 Å². The lowest BCUT2D eigenvalue weighted by Crippen LogP contribution is -2.28. The number of hydrogen-bond acceptors (Lipinski definition) is 4. The number of carbonyl (C=O) groups is 2. The molecule has 7 nitrogen and oxygen atoms in total. The lowest BCUT2D eigenvalue weighted by Gasteiger charge is -2.13. The molecule has 1 saturated heterocycles. The van der Waals surface area contributed by atoms with E-state index in [4.69, 9.17) is 4.74 Å². The van der Waals surface area contributed by atoms with Gasteiger partial charge in [-0.05, 0) is 32.9 Å². The first kappa shape index (κ1) is 20.9. The van der Waals surface area contributed by atoms with Gasteiger partial charge in [0.25, 0.3) is 0 Å². The molecule has 1 aromatic heterocycles. The van der Waals surface area contributed by atoms with Crippen LogP contribution in [0.4, 0.5) is 19.0 Å². The molecule has 1 N–H and O–H groups in total. The third kappa shape index (κ3) is 4.80. The molecule has 1 aliphatic rings. The fourth-order valence-corrected chi connectivity index (χ4v) is 3.35. The molecule has 0 saturated carbocycles. The highest BCUT2D eigenvalue weighted by molar-refractivity contribution is 6.02. The molecule has 1 aromatic carbocycles. The van der Waals surface area contributed by atoms with Crippen molar-refractivity contribution in [1.29, 1.82) is 0 Å². The second kappa shape index (κ2) is 7.92. The van der Waals surface area contributed by atoms with Gasteiger partial charge in [-0.25, -0.2) is 0 Å². The molecule has 2 aromatic rings. The van der Waals surface area contributed by atoms with Crippen molar-refractivity contribution in [3.8, 4) is 5.75 Å². The maximum atomic E-state index is 13.0. The number of anilines is 1. The van der Waals surface area contributed by atoms with Crippen LogP contribution in [0.5, 0.6) is 5.75 Å². The Hall–Kier alpha value is -2.78. The molecular weight excluding hydrogens is 389 g/mol. The topological polar surface area (TPSA) is 76.5 Å². The van der Waals surface area contributed by atoms with Gasteiger partial charge in [0.1, 0.15) is 12.3 Å². The lowest BCUT2D eigenvalue weighted by atomic mass is 10.1. The number of nitrogens with one attached hydrogen (secondary N) is 1. The summed E-state index contributed by atoms with van der Waals surface area (Å²) in [5.41, 5.74) is 0.202. The van der Waals surface area contributed by atoms with Gasteiger partial charge in [0.05, 0.1) is 17.5 Å². The van der Waals surface area contributed by atoms with Gasteiger partial charge in [0, 0.05) is 31.0 Å². The molecule has 29 heavy (non-hydrogen) atoms. The van der Waals surface area contributed by atoms with Crippen LogP contribution in [0.3, 0.4) is 0 Å². The number of likely N-dealkylation sites (tertiary alicyclic amines) is 1. The Morgan fingerprint density at radius 3 is 2.69 bits per heavy atom. The number of alkyl halides is 3. The summed E-state index contributed by atoms with van der Waals surface area (Å²) in [6.07, 6.45) is -4.55. The largest absolute Gasteiger partial charge is 0.491 e. The first-order valence-corrected chi connectivity index (χ1v) is 9.40. The van der Waals surface area contributed by atoms with Crippen molar-refractivity contribution in [2.75, 3.05) is 18.4 Å². The maximum absolute atomic E-state index is 13.0. The summed E-state index contributed by atoms with van der Waals surface area (Å²) in [5.74, 6) is -0.666. The van der Waals surface area contributed by atoms with E-state index in [1.54, 1.807) is 17.0 Å². The summed E-state index contributed by atoms with van der Waals surface area (Å²) >= 11 is 0. The van der Waals surface area contributed by atoms with E-state index in [1.807, 2.05) is 20.8 Å². The van der Waals surface area contributed by atoms with Crippen LogP contribution < -0.4 is 10.1 Å². The predicted octanol–water partition coefficient (Wildman–Crippen LogP) is 3.19. The molecule has 2 heterocycles. The van der Waals surface area contributed by atoms with E-state index in [1.165, 1.54) is 6.07 Å². The smallest absolute Gasteiger partial charge is 0.408 e. The summed E-state index contributed by atoms with van der Waals surface area (Å²) in [6, 6.07) is 4.66. The van der Waals surface area contributed by atoms with Crippen LogP contribution in [0.25, 0.3) is 10.9 Å². The number of hydrogen-bond donors (Lipinski definition) is 1.